The van der Waals surface area contributed by atoms with E-state index >= 15 is 0 Å². The van der Waals surface area contributed by atoms with Crippen LogP contribution in [0.25, 0.3) is 0 Å². The fraction of sp³-hybridized carbons (Fsp3) is 0.750. The van der Waals surface area contributed by atoms with Crippen LogP contribution >= 0.6 is 0 Å². The van der Waals surface area contributed by atoms with Gasteiger partial charge in [-0.1, -0.05) is 6.58 Å². The summed E-state index contributed by atoms with van der Waals surface area (Å²) >= 11 is 0. The molecule has 8 nitrogen and oxygen atoms in total. The van der Waals surface area contributed by atoms with Crippen molar-refractivity contribution >= 4 is 17.9 Å². The maximum absolute atomic E-state index is 12.6. The predicted octanol–water partition coefficient (Wildman–Crippen LogP) is 2.25. The van der Waals surface area contributed by atoms with Crippen molar-refractivity contribution in [3.63, 3.8) is 0 Å². The molecule has 0 spiro atoms. The summed E-state index contributed by atoms with van der Waals surface area (Å²) in [5, 5.41) is 0. The van der Waals surface area contributed by atoms with Gasteiger partial charge in [0.15, 0.2) is 0 Å². The van der Waals surface area contributed by atoms with Crippen molar-refractivity contribution < 1.29 is 38.1 Å². The smallest absolute Gasteiger partial charge is 0.333 e. The summed E-state index contributed by atoms with van der Waals surface area (Å²) in [6.07, 6.45) is 2.25. The molecule has 2 saturated heterocycles. The topological polar surface area (TPSA) is 97.4 Å². The number of esters is 3. The molecule has 0 radical (unpaired) electrons. The first-order valence-electron chi connectivity index (χ1n) is 9.93. The van der Waals surface area contributed by atoms with Crippen LogP contribution in [-0.4, -0.2) is 49.8 Å². The minimum Gasteiger partial charge on any atom is -0.459 e. The Morgan fingerprint density at radius 3 is 1.71 bits per heavy atom. The Morgan fingerprint density at radius 2 is 1.32 bits per heavy atom. The fourth-order valence-corrected chi connectivity index (χ4v) is 3.73. The van der Waals surface area contributed by atoms with Gasteiger partial charge in [0.25, 0.3) is 0 Å². The molecule has 8 heteroatoms. The lowest BCUT2D eigenvalue weighted by molar-refractivity contribution is -0.185. The molecule has 2 heterocycles. The lowest BCUT2D eigenvalue weighted by Crippen LogP contribution is -2.39. The first-order valence-corrected chi connectivity index (χ1v) is 9.93. The van der Waals surface area contributed by atoms with Crippen molar-refractivity contribution in [1.82, 2.24) is 0 Å². The van der Waals surface area contributed by atoms with Crippen molar-refractivity contribution in [3.8, 4) is 0 Å². The number of rotatable bonds is 6. The highest BCUT2D eigenvalue weighted by Gasteiger charge is 2.41. The van der Waals surface area contributed by atoms with E-state index in [1.165, 1.54) is 0 Å². The summed E-state index contributed by atoms with van der Waals surface area (Å²) in [4.78, 5) is 37.1. The summed E-state index contributed by atoms with van der Waals surface area (Å²) < 4.78 is 27.0. The summed E-state index contributed by atoms with van der Waals surface area (Å²) in [7, 11) is 0. The Labute approximate surface area is 164 Å². The van der Waals surface area contributed by atoms with E-state index in [2.05, 4.69) is 6.58 Å². The van der Waals surface area contributed by atoms with Gasteiger partial charge < -0.3 is 23.7 Å². The van der Waals surface area contributed by atoms with Gasteiger partial charge in [0.05, 0.1) is 25.0 Å². The zero-order valence-corrected chi connectivity index (χ0v) is 16.2. The van der Waals surface area contributed by atoms with E-state index in [9.17, 15) is 14.4 Å². The van der Waals surface area contributed by atoms with Gasteiger partial charge >= 0.3 is 17.9 Å². The lowest BCUT2D eigenvalue weighted by atomic mass is 9.79. The summed E-state index contributed by atoms with van der Waals surface area (Å²) in [6.45, 7) is 6.26. The van der Waals surface area contributed by atoms with Crippen LogP contribution in [0.15, 0.2) is 12.2 Å². The van der Waals surface area contributed by atoms with Crippen LogP contribution in [-0.2, 0) is 38.1 Å². The molecule has 1 aliphatic carbocycles. The summed E-state index contributed by atoms with van der Waals surface area (Å²) in [6, 6.07) is 0. The molecule has 4 unspecified atom stereocenters. The van der Waals surface area contributed by atoms with E-state index in [1.807, 2.05) is 0 Å². The molecule has 0 amide bonds. The molecule has 0 aromatic rings. The first kappa shape index (κ1) is 20.8. The third kappa shape index (κ3) is 5.54. The average Bonchev–Trinajstić information content (AvgIpc) is 3.35. The molecule has 0 aromatic heterocycles. The van der Waals surface area contributed by atoms with E-state index in [0.29, 0.717) is 38.9 Å². The van der Waals surface area contributed by atoms with Gasteiger partial charge in [-0.3, -0.25) is 9.59 Å². The molecule has 4 atom stereocenters. The van der Waals surface area contributed by atoms with Crippen LogP contribution in [0.4, 0.5) is 0 Å². The van der Waals surface area contributed by atoms with Crippen molar-refractivity contribution in [1.29, 1.82) is 0 Å². The Hall–Kier alpha value is -1.93. The quantitative estimate of drug-likeness (QED) is 0.383. The SMILES string of the molecule is C=C(C)C(=O)OC1CC(C(=O)OC2CCCO2)CC(C(=O)OC2CCCO2)C1. The molecular weight excluding hydrogens is 368 g/mol. The maximum atomic E-state index is 12.6. The van der Waals surface area contributed by atoms with Crippen LogP contribution in [0.2, 0.25) is 0 Å². The van der Waals surface area contributed by atoms with Crippen LogP contribution in [0.1, 0.15) is 51.9 Å². The first-order chi connectivity index (χ1) is 13.4. The second-order valence-electron chi connectivity index (χ2n) is 7.67. The van der Waals surface area contributed by atoms with Crippen LogP contribution in [0, 0.1) is 11.8 Å². The Balaban J connectivity index is 1.63. The second-order valence-corrected chi connectivity index (χ2v) is 7.67. The van der Waals surface area contributed by atoms with Crippen LogP contribution < -0.4 is 0 Å². The monoisotopic (exact) mass is 396 g/mol. The summed E-state index contributed by atoms with van der Waals surface area (Å²) in [5.74, 6) is -2.54. The molecule has 0 N–H and O–H groups in total. The zero-order chi connectivity index (χ0) is 20.1. The number of hydrogen-bond acceptors (Lipinski definition) is 8. The van der Waals surface area contributed by atoms with Crippen molar-refractivity contribution in [3.05, 3.63) is 12.2 Å². The van der Waals surface area contributed by atoms with Gasteiger partial charge in [-0.2, -0.15) is 0 Å². The maximum Gasteiger partial charge on any atom is 0.333 e. The standard InChI is InChI=1S/C20H28O8/c1-12(2)18(21)26-15-10-13(19(22)27-16-5-3-7-24-16)9-14(11-15)20(23)28-17-6-4-8-25-17/h13-17H,1,3-11H2,2H3. The Kier molecular flexibility index (Phi) is 7.07. The van der Waals surface area contributed by atoms with Crippen LogP contribution in [0.5, 0.6) is 0 Å². The largest absolute Gasteiger partial charge is 0.459 e. The average molecular weight is 396 g/mol. The van der Waals surface area contributed by atoms with Crippen LogP contribution in [0.3, 0.4) is 0 Å². The zero-order valence-electron chi connectivity index (χ0n) is 16.2. The van der Waals surface area contributed by atoms with Gasteiger partial charge in [0.1, 0.15) is 6.10 Å². The Bertz CT molecular complexity index is 565. The van der Waals surface area contributed by atoms with E-state index in [0.717, 1.165) is 12.8 Å². The Morgan fingerprint density at radius 1 is 0.821 bits per heavy atom. The number of ether oxygens (including phenoxy) is 5. The minimum atomic E-state index is -0.581. The highest BCUT2D eigenvalue weighted by Crippen LogP contribution is 2.34. The highest BCUT2D eigenvalue weighted by molar-refractivity contribution is 5.87. The molecule has 3 fully saturated rings. The highest BCUT2D eigenvalue weighted by atomic mass is 16.7. The second kappa shape index (κ2) is 9.52. The van der Waals surface area contributed by atoms with E-state index in [1.54, 1.807) is 6.92 Å². The van der Waals surface area contributed by atoms with Crippen molar-refractivity contribution in [2.45, 2.75) is 70.6 Å². The number of hydrogen-bond donors (Lipinski definition) is 0. The molecule has 0 bridgehead atoms. The number of carbonyl (C=O) groups excluding carboxylic acids is 3. The normalized spacial score (nSPS) is 32.5. The predicted molar refractivity (Wildman–Crippen MR) is 95.7 cm³/mol. The molecular formula is C20H28O8. The molecule has 156 valence electrons. The van der Waals surface area contributed by atoms with Gasteiger partial charge in [0, 0.05) is 18.4 Å². The van der Waals surface area contributed by atoms with Gasteiger partial charge in [-0.25, -0.2) is 4.79 Å². The molecule has 1 saturated carbocycles. The number of carbonyl (C=O) groups is 3. The molecule has 2 aliphatic heterocycles. The minimum absolute atomic E-state index is 0.266. The van der Waals surface area contributed by atoms with E-state index < -0.39 is 48.4 Å². The molecule has 3 rings (SSSR count). The van der Waals surface area contributed by atoms with Gasteiger partial charge in [-0.05, 0) is 39.0 Å². The van der Waals surface area contributed by atoms with E-state index in [4.69, 9.17) is 23.7 Å². The lowest BCUT2D eigenvalue weighted by Gasteiger charge is -2.33. The third-order valence-electron chi connectivity index (χ3n) is 5.22. The molecule has 28 heavy (non-hydrogen) atoms. The van der Waals surface area contributed by atoms with Gasteiger partial charge in [-0.15, -0.1) is 0 Å². The molecule has 3 aliphatic rings. The van der Waals surface area contributed by atoms with E-state index in [-0.39, 0.29) is 12.0 Å². The van der Waals surface area contributed by atoms with Gasteiger partial charge in [0.2, 0.25) is 12.6 Å². The summed E-state index contributed by atoms with van der Waals surface area (Å²) in [5.41, 5.74) is 0.266. The fourth-order valence-electron chi connectivity index (χ4n) is 3.73. The molecule has 0 aromatic carbocycles. The van der Waals surface area contributed by atoms with Crippen molar-refractivity contribution in [2.75, 3.05) is 13.2 Å². The third-order valence-corrected chi connectivity index (χ3v) is 5.22. The van der Waals surface area contributed by atoms with Crippen molar-refractivity contribution in [2.24, 2.45) is 11.8 Å².